The zero-order valence-corrected chi connectivity index (χ0v) is 13.1. The van der Waals surface area contributed by atoms with E-state index in [4.69, 9.17) is 11.6 Å². The number of benzene rings is 1. The van der Waals surface area contributed by atoms with Gasteiger partial charge in [-0.05, 0) is 12.5 Å². The molecule has 0 saturated heterocycles. The van der Waals surface area contributed by atoms with E-state index in [1.54, 1.807) is 10.7 Å². The number of halogens is 1. The molecule has 23 heavy (non-hydrogen) atoms. The summed E-state index contributed by atoms with van der Waals surface area (Å²) in [6.07, 6.45) is 1.68. The lowest BCUT2D eigenvalue weighted by Gasteiger charge is -2.06. The molecule has 0 unspecified atom stereocenters. The molecule has 0 aliphatic carbocycles. The highest BCUT2D eigenvalue weighted by atomic mass is 35.5. The number of fused-ring (bicyclic) bond motifs is 3. The summed E-state index contributed by atoms with van der Waals surface area (Å²) in [6, 6.07) is 11.6. The minimum atomic E-state index is 0.337. The van der Waals surface area contributed by atoms with Crippen LogP contribution in [-0.2, 0) is 0 Å². The van der Waals surface area contributed by atoms with Crippen LogP contribution in [0.3, 0.4) is 0 Å². The van der Waals surface area contributed by atoms with Gasteiger partial charge in [-0.15, -0.1) is 0 Å². The van der Waals surface area contributed by atoms with Crippen LogP contribution in [0.4, 0.5) is 0 Å². The molecule has 0 amide bonds. The fourth-order valence-corrected chi connectivity index (χ4v) is 2.63. The Hall–Kier alpha value is -2.79. The molecule has 3 heterocycles. The van der Waals surface area contributed by atoms with Crippen molar-refractivity contribution < 1.29 is 0 Å². The highest BCUT2D eigenvalue weighted by Gasteiger charge is 2.13. The quantitative estimate of drug-likeness (QED) is 0.559. The molecule has 3 aromatic heterocycles. The smallest absolute Gasteiger partial charge is 0.184 e. The molecule has 4 rings (SSSR count). The number of allylic oxidation sites excluding steroid dienone is 1. The van der Waals surface area contributed by atoms with Gasteiger partial charge < -0.3 is 0 Å². The maximum atomic E-state index is 6.35. The Morgan fingerprint density at radius 3 is 2.70 bits per heavy atom. The van der Waals surface area contributed by atoms with Crippen molar-refractivity contribution in [2.45, 2.75) is 6.92 Å². The first-order valence-corrected chi connectivity index (χ1v) is 7.44. The zero-order chi connectivity index (χ0) is 16.0. The normalized spacial score (nSPS) is 11.2. The topological polar surface area (TPSA) is 56.0 Å². The van der Waals surface area contributed by atoms with Gasteiger partial charge in [-0.1, -0.05) is 48.5 Å². The van der Waals surface area contributed by atoms with Crippen LogP contribution in [0.2, 0.25) is 5.15 Å². The number of hydrogen-bond donors (Lipinski definition) is 0. The molecule has 0 N–H and O–H groups in total. The van der Waals surface area contributed by atoms with Gasteiger partial charge in [-0.3, -0.25) is 0 Å². The summed E-state index contributed by atoms with van der Waals surface area (Å²) in [6.45, 7) is 5.81. The van der Waals surface area contributed by atoms with Crippen LogP contribution in [-0.4, -0.2) is 24.6 Å². The summed E-state index contributed by atoms with van der Waals surface area (Å²) in [5.74, 6) is 0. The van der Waals surface area contributed by atoms with Gasteiger partial charge in [0.05, 0.1) is 11.9 Å². The predicted octanol–water partition coefficient (Wildman–Crippen LogP) is 4.03. The molecule has 5 nitrogen and oxygen atoms in total. The lowest BCUT2D eigenvalue weighted by Crippen LogP contribution is -2.00. The van der Waals surface area contributed by atoms with Crippen molar-refractivity contribution >= 4 is 34.0 Å². The number of nitrogens with zero attached hydrogens (tertiary/aromatic N) is 5. The van der Waals surface area contributed by atoms with Gasteiger partial charge in [0.1, 0.15) is 11.2 Å². The van der Waals surface area contributed by atoms with Crippen LogP contribution in [0.25, 0.3) is 33.6 Å². The second kappa shape index (κ2) is 5.14. The number of aromatic nitrogens is 5. The molecule has 4 aromatic rings. The van der Waals surface area contributed by atoms with Crippen LogP contribution < -0.4 is 0 Å². The summed E-state index contributed by atoms with van der Waals surface area (Å²) in [5.41, 5.74) is 5.08. The van der Waals surface area contributed by atoms with E-state index in [1.807, 2.05) is 43.3 Å². The van der Waals surface area contributed by atoms with Crippen molar-refractivity contribution in [1.82, 2.24) is 24.6 Å². The first kappa shape index (κ1) is 13.8. The third-order valence-corrected chi connectivity index (χ3v) is 3.82. The highest BCUT2D eigenvalue weighted by Crippen LogP contribution is 2.26. The van der Waals surface area contributed by atoms with Crippen molar-refractivity contribution in [2.24, 2.45) is 0 Å². The van der Waals surface area contributed by atoms with E-state index in [9.17, 15) is 0 Å². The molecule has 1 aromatic carbocycles. The lowest BCUT2D eigenvalue weighted by atomic mass is 10.2. The van der Waals surface area contributed by atoms with Crippen LogP contribution in [0.1, 0.15) is 12.6 Å². The van der Waals surface area contributed by atoms with Crippen LogP contribution in [0.5, 0.6) is 0 Å². The fourth-order valence-electron chi connectivity index (χ4n) is 2.40. The van der Waals surface area contributed by atoms with E-state index in [1.165, 1.54) is 0 Å². The lowest BCUT2D eigenvalue weighted by molar-refractivity contribution is 0.948. The molecule has 0 bridgehead atoms. The van der Waals surface area contributed by atoms with E-state index in [0.29, 0.717) is 27.7 Å². The highest BCUT2D eigenvalue weighted by molar-refractivity contribution is 6.32. The average Bonchev–Trinajstić information content (AvgIpc) is 3.00. The van der Waals surface area contributed by atoms with Gasteiger partial charge >= 0.3 is 0 Å². The van der Waals surface area contributed by atoms with Crippen LogP contribution in [0, 0.1) is 0 Å². The summed E-state index contributed by atoms with van der Waals surface area (Å²) in [4.78, 5) is 13.5. The Labute approximate surface area is 137 Å². The van der Waals surface area contributed by atoms with Crippen molar-refractivity contribution in [1.29, 1.82) is 0 Å². The maximum Gasteiger partial charge on any atom is 0.184 e. The third-order valence-electron chi connectivity index (χ3n) is 3.56. The molecule has 0 spiro atoms. The van der Waals surface area contributed by atoms with E-state index in [0.717, 1.165) is 16.8 Å². The van der Waals surface area contributed by atoms with Crippen molar-refractivity contribution in [3.05, 3.63) is 60.0 Å². The Morgan fingerprint density at radius 2 is 1.96 bits per heavy atom. The largest absolute Gasteiger partial charge is 0.240 e. The molecule has 0 atom stereocenters. The van der Waals surface area contributed by atoms with Gasteiger partial charge in [0.2, 0.25) is 0 Å². The molecule has 0 saturated carbocycles. The molecule has 6 heteroatoms. The second-order valence-electron chi connectivity index (χ2n) is 5.28. The minimum absolute atomic E-state index is 0.337. The Kier molecular flexibility index (Phi) is 3.09. The molecule has 0 fully saturated rings. The monoisotopic (exact) mass is 321 g/mol. The summed E-state index contributed by atoms with van der Waals surface area (Å²) in [5, 5.41) is 4.81. The number of rotatable bonds is 2. The van der Waals surface area contributed by atoms with E-state index >= 15 is 0 Å². The van der Waals surface area contributed by atoms with E-state index in [-0.39, 0.29) is 0 Å². The van der Waals surface area contributed by atoms with Gasteiger partial charge in [0.25, 0.3) is 0 Å². The van der Waals surface area contributed by atoms with Gasteiger partial charge in [0.15, 0.2) is 16.4 Å². The van der Waals surface area contributed by atoms with Gasteiger partial charge in [-0.25, -0.2) is 15.0 Å². The van der Waals surface area contributed by atoms with E-state index < -0.39 is 0 Å². The predicted molar refractivity (Wildman–Crippen MR) is 91.2 cm³/mol. The molecule has 112 valence electrons. The molecule has 0 aliphatic heterocycles. The van der Waals surface area contributed by atoms with Crippen LogP contribution >= 0.6 is 11.6 Å². The SMILES string of the molecule is C=C(C)c1cc2ncc3nc(-c4ccccc4)c(Cl)nc3n2n1. The second-order valence-corrected chi connectivity index (χ2v) is 5.63. The zero-order valence-electron chi connectivity index (χ0n) is 12.4. The fraction of sp³-hybridized carbons (Fsp3) is 0.0588. The van der Waals surface area contributed by atoms with E-state index in [2.05, 4.69) is 26.6 Å². The molecule has 0 radical (unpaired) electrons. The third kappa shape index (κ3) is 2.26. The van der Waals surface area contributed by atoms with Crippen molar-refractivity contribution in [3.8, 4) is 11.3 Å². The Balaban J connectivity index is 2.00. The standard InChI is InChI=1S/C17H12ClN5/c1-10(2)12-8-14-19-9-13-17(23(14)22-12)21-16(18)15(20-13)11-6-4-3-5-7-11/h3-9H,1H2,2H3. The summed E-state index contributed by atoms with van der Waals surface area (Å²) >= 11 is 6.35. The molecular formula is C17H12ClN5. The van der Waals surface area contributed by atoms with Crippen LogP contribution in [0.15, 0.2) is 49.2 Å². The summed E-state index contributed by atoms with van der Waals surface area (Å²) < 4.78 is 1.65. The van der Waals surface area contributed by atoms with Crippen molar-refractivity contribution in [2.75, 3.05) is 0 Å². The van der Waals surface area contributed by atoms with Gasteiger partial charge in [-0.2, -0.15) is 9.61 Å². The van der Waals surface area contributed by atoms with Crippen molar-refractivity contribution in [3.63, 3.8) is 0 Å². The minimum Gasteiger partial charge on any atom is -0.240 e. The first-order chi connectivity index (χ1) is 11.1. The molecular weight excluding hydrogens is 310 g/mol. The maximum absolute atomic E-state index is 6.35. The average molecular weight is 322 g/mol. The van der Waals surface area contributed by atoms with Gasteiger partial charge in [0, 0.05) is 11.6 Å². The molecule has 0 aliphatic rings. The Bertz CT molecular complexity index is 1050. The number of hydrogen-bond acceptors (Lipinski definition) is 4. The Morgan fingerprint density at radius 1 is 1.17 bits per heavy atom. The first-order valence-electron chi connectivity index (χ1n) is 7.07. The summed E-state index contributed by atoms with van der Waals surface area (Å²) in [7, 11) is 0.